The molecule has 0 bridgehead atoms. The van der Waals surface area contributed by atoms with Gasteiger partial charge in [0.2, 0.25) is 18.7 Å². The first-order valence-electron chi connectivity index (χ1n) is 7.02. The van der Waals surface area contributed by atoms with Crippen LogP contribution in [-0.2, 0) is 7.05 Å². The molecule has 0 saturated heterocycles. The number of rotatable bonds is 1. The number of nitrogens with zero attached hydrogens (tertiary/aromatic N) is 4. The van der Waals surface area contributed by atoms with Crippen molar-refractivity contribution in [2.45, 2.75) is 6.92 Å². The average Bonchev–Trinajstić information content (AvgIpc) is 2.56. The Morgan fingerprint density at radius 2 is 1.77 bits per heavy atom. The van der Waals surface area contributed by atoms with E-state index in [1.54, 1.807) is 18.2 Å². The lowest BCUT2D eigenvalue weighted by atomic mass is 10.2. The van der Waals surface area contributed by atoms with Crippen molar-refractivity contribution in [1.82, 2.24) is 18.5 Å². The van der Waals surface area contributed by atoms with Gasteiger partial charge in [-0.2, -0.15) is 9.37 Å². The van der Waals surface area contributed by atoms with Gasteiger partial charge in [0.1, 0.15) is 0 Å². The molecule has 0 unspecified atom stereocenters. The van der Waals surface area contributed by atoms with Gasteiger partial charge in [-0.05, 0) is 30.7 Å². The normalized spacial score (nSPS) is 10.5. The maximum absolute atomic E-state index is 14.0. The highest BCUT2D eigenvalue weighted by molar-refractivity contribution is 9.10. The van der Waals surface area contributed by atoms with Gasteiger partial charge in [-0.25, -0.2) is 31.9 Å². The van der Waals surface area contributed by atoms with Crippen LogP contribution in [0, 0.1) is 12.9 Å². The Labute approximate surface area is 152 Å². The fraction of sp³-hybridized carbons (Fsp3) is 0.200. The van der Waals surface area contributed by atoms with Crippen molar-refractivity contribution in [3.63, 3.8) is 0 Å². The van der Waals surface area contributed by atoms with E-state index in [-0.39, 0.29) is 5.78 Å². The molecule has 0 fully saturated rings. The number of benzene rings is 1. The minimum Gasteiger partial charge on any atom is -0.269 e. The summed E-state index contributed by atoms with van der Waals surface area (Å²) in [5.41, 5.74) is -1.33. The van der Waals surface area contributed by atoms with Crippen molar-refractivity contribution in [2.24, 2.45) is 7.05 Å². The van der Waals surface area contributed by atoms with Gasteiger partial charge in [-0.15, -0.1) is 0 Å². The second-order valence-electron chi connectivity index (χ2n) is 5.05. The molecule has 3 aromatic rings. The average molecular weight is 433 g/mol. The third-order valence-corrected chi connectivity index (χ3v) is 4.33. The summed E-state index contributed by atoms with van der Waals surface area (Å²) in [6.45, 7) is 0.0585. The van der Waals surface area contributed by atoms with Crippen LogP contribution in [0.25, 0.3) is 11.5 Å². The lowest BCUT2D eigenvalue weighted by Crippen LogP contribution is -2.41. The van der Waals surface area contributed by atoms with Crippen LogP contribution >= 0.6 is 15.9 Å². The minimum absolute atomic E-state index is 0.369. The van der Waals surface area contributed by atoms with E-state index in [0.29, 0.717) is 20.7 Å². The van der Waals surface area contributed by atoms with Gasteiger partial charge in [0.05, 0.1) is 11.8 Å². The Kier molecular flexibility index (Phi) is 5.80. The quantitative estimate of drug-likeness (QED) is 0.547. The minimum atomic E-state index is -1.75. The van der Waals surface area contributed by atoms with E-state index >= 15 is 0 Å². The topological polar surface area (TPSA) is 78.4 Å². The van der Waals surface area contributed by atoms with Crippen LogP contribution in [0.4, 0.5) is 13.2 Å². The van der Waals surface area contributed by atoms with Crippen molar-refractivity contribution < 1.29 is 13.2 Å². The Morgan fingerprint density at radius 3 is 2.35 bits per heavy atom. The number of hydrogen-bond acceptors (Lipinski definition) is 4. The van der Waals surface area contributed by atoms with Crippen molar-refractivity contribution in [3.8, 4) is 5.69 Å². The predicted molar refractivity (Wildman–Crippen MR) is 91.8 cm³/mol. The van der Waals surface area contributed by atoms with Gasteiger partial charge in [0.15, 0.2) is 0 Å². The predicted octanol–water partition coefficient (Wildman–Crippen LogP) is 1.64. The summed E-state index contributed by atoms with van der Waals surface area (Å²) in [5, 5.41) is 0. The molecule has 0 aliphatic carbocycles. The summed E-state index contributed by atoms with van der Waals surface area (Å²) >= 11 is 3.34. The van der Waals surface area contributed by atoms with E-state index in [2.05, 4.69) is 20.9 Å². The van der Waals surface area contributed by atoms with Crippen LogP contribution in [0.3, 0.4) is 0 Å². The van der Waals surface area contributed by atoms with E-state index in [4.69, 9.17) is 0 Å². The molecule has 138 valence electrons. The zero-order valence-electron chi connectivity index (χ0n) is 13.5. The van der Waals surface area contributed by atoms with Gasteiger partial charge in [-0.3, -0.25) is 4.79 Å². The number of fused-ring (bicyclic) bond motifs is 1. The molecule has 0 aliphatic rings. The molecule has 0 aliphatic heterocycles. The Bertz CT molecular complexity index is 1150. The Balaban J connectivity index is 0.000000758. The van der Waals surface area contributed by atoms with Crippen LogP contribution in [0.1, 0.15) is 5.56 Å². The molecule has 0 spiro atoms. The van der Waals surface area contributed by atoms with Crippen molar-refractivity contribution in [1.29, 1.82) is 0 Å². The first kappa shape index (κ1) is 19.6. The summed E-state index contributed by atoms with van der Waals surface area (Å²) in [6, 6.07) is 5.64. The van der Waals surface area contributed by atoms with Gasteiger partial charge >= 0.3 is 11.4 Å². The molecule has 3 rings (SSSR count). The number of halogens is 4. The standard InChI is InChI=1S/C14H10BrFN4O3.CH2F2/c1-7-5-8(3-4-9(7)15)19-11(21)6-10(16)20-12(19)17-13(22)18(2)14(20)23;2-1-3/h3-6H,1-2H3;1H2. The molecule has 26 heavy (non-hydrogen) atoms. The molecular formula is C15H12BrF3N4O3. The number of aryl methyl sites for hydroxylation is 1. The van der Waals surface area contributed by atoms with Crippen molar-refractivity contribution in [3.05, 3.63) is 71.6 Å². The molecule has 0 N–H and O–H groups in total. The highest BCUT2D eigenvalue weighted by atomic mass is 79.9. The summed E-state index contributed by atoms with van der Waals surface area (Å²) < 4.78 is 36.4. The summed E-state index contributed by atoms with van der Waals surface area (Å²) in [5.74, 6) is -1.45. The van der Waals surface area contributed by atoms with E-state index in [1.807, 2.05) is 6.92 Å². The van der Waals surface area contributed by atoms with Crippen LogP contribution in [0.15, 0.2) is 43.1 Å². The van der Waals surface area contributed by atoms with Gasteiger partial charge in [0, 0.05) is 11.5 Å². The second-order valence-corrected chi connectivity index (χ2v) is 5.90. The number of hydrogen-bond donors (Lipinski definition) is 0. The zero-order valence-corrected chi connectivity index (χ0v) is 15.1. The lowest BCUT2D eigenvalue weighted by Gasteiger charge is -2.12. The van der Waals surface area contributed by atoms with E-state index in [1.165, 1.54) is 7.05 Å². The second kappa shape index (κ2) is 7.68. The fourth-order valence-electron chi connectivity index (χ4n) is 2.21. The summed E-state index contributed by atoms with van der Waals surface area (Å²) in [6.07, 6.45) is 0. The lowest BCUT2D eigenvalue weighted by molar-refractivity contribution is 0.295. The first-order valence-corrected chi connectivity index (χ1v) is 7.82. The molecule has 0 amide bonds. The van der Waals surface area contributed by atoms with Crippen LogP contribution < -0.4 is 16.9 Å². The van der Waals surface area contributed by atoms with E-state index in [9.17, 15) is 27.6 Å². The number of alkyl halides is 2. The number of aromatic nitrogens is 4. The van der Waals surface area contributed by atoms with Crippen LogP contribution in [0.5, 0.6) is 0 Å². The summed E-state index contributed by atoms with van der Waals surface area (Å²) in [7, 11) is 1.18. The first-order chi connectivity index (χ1) is 12.2. The molecular weight excluding hydrogens is 421 g/mol. The fourth-order valence-corrected chi connectivity index (χ4v) is 2.45. The monoisotopic (exact) mass is 432 g/mol. The van der Waals surface area contributed by atoms with Crippen LogP contribution in [0.2, 0.25) is 0 Å². The van der Waals surface area contributed by atoms with E-state index in [0.717, 1.165) is 14.6 Å². The maximum atomic E-state index is 14.0. The Hall–Kier alpha value is -2.69. The molecule has 0 saturated carbocycles. The third kappa shape index (κ3) is 3.47. The van der Waals surface area contributed by atoms with Gasteiger partial charge in [-0.1, -0.05) is 15.9 Å². The van der Waals surface area contributed by atoms with Gasteiger partial charge < -0.3 is 0 Å². The van der Waals surface area contributed by atoms with Gasteiger partial charge in [0.25, 0.3) is 5.56 Å². The van der Waals surface area contributed by atoms with Crippen LogP contribution in [-0.4, -0.2) is 25.4 Å². The zero-order chi connectivity index (χ0) is 19.6. The largest absolute Gasteiger partial charge is 0.354 e. The highest BCUT2D eigenvalue weighted by Gasteiger charge is 2.16. The molecule has 2 aromatic heterocycles. The third-order valence-electron chi connectivity index (χ3n) is 3.44. The molecule has 11 heteroatoms. The highest BCUT2D eigenvalue weighted by Crippen LogP contribution is 2.19. The maximum Gasteiger partial charge on any atom is 0.354 e. The SMILES string of the molecule is Cc1cc(-n2c(=O)cc(F)n3c(=O)n(C)c(=O)nc23)ccc1Br.FCF. The van der Waals surface area contributed by atoms with E-state index < -0.39 is 29.8 Å². The summed E-state index contributed by atoms with van der Waals surface area (Å²) in [4.78, 5) is 39.8. The molecule has 7 nitrogen and oxygen atoms in total. The van der Waals surface area contributed by atoms with Crippen molar-refractivity contribution in [2.75, 3.05) is 6.93 Å². The molecule has 2 heterocycles. The molecule has 1 aromatic carbocycles. The molecule has 0 radical (unpaired) electrons. The van der Waals surface area contributed by atoms with Crippen molar-refractivity contribution >= 4 is 21.7 Å². The smallest absolute Gasteiger partial charge is 0.269 e. The molecule has 0 atom stereocenters. The Morgan fingerprint density at radius 1 is 1.15 bits per heavy atom.